The average molecular weight is 256 g/mol. The summed E-state index contributed by atoms with van der Waals surface area (Å²) in [7, 11) is 0. The van der Waals surface area contributed by atoms with E-state index in [2.05, 4.69) is 18.2 Å². The Hall–Kier alpha value is -0.870. The van der Waals surface area contributed by atoms with Gasteiger partial charge in [-0.25, -0.2) is 4.98 Å². The zero-order valence-electron chi connectivity index (χ0n) is 9.27. The van der Waals surface area contributed by atoms with Crippen LogP contribution in [0.5, 0.6) is 0 Å². The number of hydrogen-bond donors (Lipinski definition) is 1. The van der Waals surface area contributed by atoms with E-state index in [4.69, 9.17) is 17.3 Å². The smallest absolute Gasteiger partial charge is 0.201 e. The third-order valence-corrected chi connectivity index (χ3v) is 3.85. The number of nitrogen functional groups attached to an aromatic ring is 1. The number of rotatable bonds is 3. The summed E-state index contributed by atoms with van der Waals surface area (Å²) in [5, 5.41) is 1.19. The number of hydrogen-bond acceptors (Lipinski definition) is 3. The van der Waals surface area contributed by atoms with Gasteiger partial charge in [-0.3, -0.25) is 0 Å². The molecule has 0 aliphatic rings. The molecule has 2 rings (SSSR count). The van der Waals surface area contributed by atoms with Gasteiger partial charge in [0.15, 0.2) is 0 Å². The number of para-hydroxylation sites is 1. The number of nitrogens with two attached hydrogens (primary N) is 1. The van der Waals surface area contributed by atoms with E-state index in [1.54, 1.807) is 11.8 Å². The molecule has 86 valence electrons. The molecule has 1 heterocycles. The van der Waals surface area contributed by atoms with Crippen molar-refractivity contribution >= 4 is 40.3 Å². The summed E-state index contributed by atoms with van der Waals surface area (Å²) in [5.74, 6) is 0.531. The van der Waals surface area contributed by atoms with Crippen LogP contribution in [0.15, 0.2) is 18.2 Å². The number of fused-ring (bicyclic) bond motifs is 1. The summed E-state index contributed by atoms with van der Waals surface area (Å²) in [6.07, 6.45) is 2.08. The van der Waals surface area contributed by atoms with Crippen LogP contribution in [0.1, 0.15) is 6.92 Å². The normalized spacial score (nSPS) is 13.2. The minimum absolute atomic E-state index is 0.482. The highest BCUT2D eigenvalue weighted by atomic mass is 35.5. The number of anilines is 1. The fourth-order valence-corrected chi connectivity index (χ4v) is 2.25. The molecule has 0 aliphatic heterocycles. The topological polar surface area (TPSA) is 43.8 Å². The number of nitrogens with zero attached hydrogens (tertiary/aromatic N) is 2. The van der Waals surface area contributed by atoms with Gasteiger partial charge in [-0.15, -0.1) is 0 Å². The van der Waals surface area contributed by atoms with Crippen LogP contribution in [0, 0.1) is 0 Å². The zero-order valence-corrected chi connectivity index (χ0v) is 10.8. The predicted octanol–water partition coefficient (Wildman–Crippen LogP) is 3.02. The maximum Gasteiger partial charge on any atom is 0.201 e. The van der Waals surface area contributed by atoms with Crippen molar-refractivity contribution in [1.29, 1.82) is 0 Å². The molecule has 1 unspecified atom stereocenters. The van der Waals surface area contributed by atoms with E-state index in [-0.39, 0.29) is 0 Å². The molecule has 2 N–H and O–H groups in total. The van der Waals surface area contributed by atoms with Crippen molar-refractivity contribution in [3.8, 4) is 0 Å². The Morgan fingerprint density at radius 3 is 3.00 bits per heavy atom. The largest absolute Gasteiger partial charge is 0.369 e. The van der Waals surface area contributed by atoms with Gasteiger partial charge in [-0.2, -0.15) is 11.8 Å². The van der Waals surface area contributed by atoms with Gasteiger partial charge in [0.1, 0.15) is 0 Å². The standard InChI is InChI=1S/C11H14ClN3S/c1-7(16-2)6-15-10-8(12)4-3-5-9(10)14-11(15)13/h3-5,7H,6H2,1-2H3,(H2,13,14). The van der Waals surface area contributed by atoms with Gasteiger partial charge in [0.25, 0.3) is 0 Å². The molecule has 0 saturated heterocycles. The van der Waals surface area contributed by atoms with Gasteiger partial charge in [-0.1, -0.05) is 24.6 Å². The number of thioether (sulfide) groups is 1. The monoisotopic (exact) mass is 255 g/mol. The van der Waals surface area contributed by atoms with E-state index in [0.29, 0.717) is 16.2 Å². The van der Waals surface area contributed by atoms with Gasteiger partial charge in [0.05, 0.1) is 16.1 Å². The summed E-state index contributed by atoms with van der Waals surface area (Å²) in [4.78, 5) is 4.31. The van der Waals surface area contributed by atoms with Gasteiger partial charge < -0.3 is 10.3 Å². The molecule has 1 aromatic heterocycles. The molecule has 0 saturated carbocycles. The molecule has 1 atom stereocenters. The molecular weight excluding hydrogens is 242 g/mol. The van der Waals surface area contributed by atoms with Gasteiger partial charge in [0.2, 0.25) is 5.95 Å². The number of imidazole rings is 1. The predicted molar refractivity (Wildman–Crippen MR) is 72.1 cm³/mol. The quantitative estimate of drug-likeness (QED) is 0.917. The second-order valence-electron chi connectivity index (χ2n) is 3.73. The maximum absolute atomic E-state index is 6.18. The molecule has 0 bridgehead atoms. The molecule has 0 fully saturated rings. The van der Waals surface area contributed by atoms with E-state index in [1.807, 2.05) is 22.8 Å². The summed E-state index contributed by atoms with van der Waals surface area (Å²) in [5.41, 5.74) is 7.70. The highest BCUT2D eigenvalue weighted by molar-refractivity contribution is 7.99. The highest BCUT2D eigenvalue weighted by Gasteiger charge is 2.12. The van der Waals surface area contributed by atoms with Crippen molar-refractivity contribution in [3.05, 3.63) is 23.2 Å². The minimum Gasteiger partial charge on any atom is -0.369 e. The van der Waals surface area contributed by atoms with E-state index in [1.165, 1.54) is 0 Å². The Kier molecular flexibility index (Phi) is 3.30. The molecule has 3 nitrogen and oxygen atoms in total. The first kappa shape index (κ1) is 11.6. The zero-order chi connectivity index (χ0) is 11.7. The van der Waals surface area contributed by atoms with Crippen molar-refractivity contribution in [2.24, 2.45) is 0 Å². The first-order chi connectivity index (χ1) is 7.63. The lowest BCUT2D eigenvalue weighted by molar-refractivity contribution is 0.721. The second kappa shape index (κ2) is 4.55. The molecule has 1 aromatic carbocycles. The summed E-state index contributed by atoms with van der Waals surface area (Å²) >= 11 is 7.98. The highest BCUT2D eigenvalue weighted by Crippen LogP contribution is 2.26. The van der Waals surface area contributed by atoms with Crippen molar-refractivity contribution in [2.45, 2.75) is 18.7 Å². The Balaban J connectivity index is 2.54. The third kappa shape index (κ3) is 1.99. The average Bonchev–Trinajstić information content (AvgIpc) is 2.56. The number of halogens is 1. The van der Waals surface area contributed by atoms with Crippen LogP contribution in [0.3, 0.4) is 0 Å². The van der Waals surface area contributed by atoms with Gasteiger partial charge in [0, 0.05) is 11.8 Å². The first-order valence-electron chi connectivity index (χ1n) is 5.06. The van der Waals surface area contributed by atoms with E-state index in [0.717, 1.165) is 17.6 Å². The lowest BCUT2D eigenvalue weighted by Crippen LogP contribution is -2.11. The summed E-state index contributed by atoms with van der Waals surface area (Å²) in [6, 6.07) is 5.68. The fourth-order valence-electron chi connectivity index (χ4n) is 1.68. The Morgan fingerprint density at radius 2 is 2.31 bits per heavy atom. The van der Waals surface area contributed by atoms with Crippen LogP contribution in [0.2, 0.25) is 5.02 Å². The first-order valence-corrected chi connectivity index (χ1v) is 6.73. The molecule has 0 aliphatic carbocycles. The lowest BCUT2D eigenvalue weighted by Gasteiger charge is -2.11. The summed E-state index contributed by atoms with van der Waals surface area (Å²) < 4.78 is 1.98. The minimum atomic E-state index is 0.482. The van der Waals surface area contributed by atoms with Crippen LogP contribution >= 0.6 is 23.4 Å². The molecule has 0 amide bonds. The fraction of sp³-hybridized carbons (Fsp3) is 0.364. The molecule has 2 aromatic rings. The Labute approximate surface area is 104 Å². The summed E-state index contributed by atoms with van der Waals surface area (Å²) in [6.45, 7) is 2.99. The number of benzene rings is 1. The van der Waals surface area contributed by atoms with E-state index >= 15 is 0 Å². The SMILES string of the molecule is CSC(C)Cn1c(N)nc2cccc(Cl)c21. The Morgan fingerprint density at radius 1 is 1.56 bits per heavy atom. The molecule has 16 heavy (non-hydrogen) atoms. The molecule has 5 heteroatoms. The van der Waals surface area contributed by atoms with Crippen molar-refractivity contribution in [3.63, 3.8) is 0 Å². The molecule has 0 spiro atoms. The van der Waals surface area contributed by atoms with Crippen molar-refractivity contribution < 1.29 is 0 Å². The van der Waals surface area contributed by atoms with Crippen LogP contribution in [0.25, 0.3) is 11.0 Å². The maximum atomic E-state index is 6.18. The lowest BCUT2D eigenvalue weighted by atomic mass is 10.3. The van der Waals surface area contributed by atoms with Crippen LogP contribution in [-0.2, 0) is 6.54 Å². The van der Waals surface area contributed by atoms with E-state index < -0.39 is 0 Å². The van der Waals surface area contributed by atoms with Crippen LogP contribution in [0.4, 0.5) is 5.95 Å². The molecular formula is C11H14ClN3S. The Bertz CT molecular complexity index is 509. The third-order valence-electron chi connectivity index (χ3n) is 2.59. The van der Waals surface area contributed by atoms with E-state index in [9.17, 15) is 0 Å². The molecule has 0 radical (unpaired) electrons. The van der Waals surface area contributed by atoms with Gasteiger partial charge >= 0.3 is 0 Å². The van der Waals surface area contributed by atoms with Crippen molar-refractivity contribution in [2.75, 3.05) is 12.0 Å². The number of aromatic nitrogens is 2. The van der Waals surface area contributed by atoms with Gasteiger partial charge in [-0.05, 0) is 18.4 Å². The van der Waals surface area contributed by atoms with Crippen LogP contribution < -0.4 is 5.73 Å². The van der Waals surface area contributed by atoms with Crippen LogP contribution in [-0.4, -0.2) is 21.1 Å². The van der Waals surface area contributed by atoms with Crippen molar-refractivity contribution in [1.82, 2.24) is 9.55 Å². The second-order valence-corrected chi connectivity index (χ2v) is 5.42.